The third-order valence-corrected chi connectivity index (χ3v) is 4.46. The van der Waals surface area contributed by atoms with Gasteiger partial charge in [0.05, 0.1) is 16.8 Å². The Hall–Kier alpha value is -0.450. The van der Waals surface area contributed by atoms with Crippen molar-refractivity contribution in [3.05, 3.63) is 21.6 Å². The summed E-state index contributed by atoms with van der Waals surface area (Å²) in [4.78, 5) is 2.42. The van der Waals surface area contributed by atoms with Gasteiger partial charge in [0.25, 0.3) is 0 Å². The van der Waals surface area contributed by atoms with Crippen LogP contribution in [0, 0.1) is 0 Å². The smallest absolute Gasteiger partial charge is 0.156 e. The molecule has 2 N–H and O–H groups in total. The van der Waals surface area contributed by atoms with Crippen molar-refractivity contribution in [2.45, 2.75) is 31.7 Å². The van der Waals surface area contributed by atoms with Crippen LogP contribution in [0.15, 0.2) is 16.6 Å². The zero-order valence-electron chi connectivity index (χ0n) is 11.2. The van der Waals surface area contributed by atoms with Crippen molar-refractivity contribution >= 4 is 33.2 Å². The molecule has 106 valence electrons. The van der Waals surface area contributed by atoms with E-state index in [0.29, 0.717) is 29.1 Å². The largest absolute Gasteiger partial charge is 0.490 e. The molecule has 1 unspecified atom stereocenters. The molecule has 5 heteroatoms. The van der Waals surface area contributed by atoms with Crippen LogP contribution in [-0.4, -0.2) is 31.1 Å². The Kier molecular flexibility index (Phi) is 5.37. The molecule has 1 saturated heterocycles. The average Bonchev–Trinajstić information content (AvgIpc) is 2.34. The molecule has 0 radical (unpaired) electrons. The van der Waals surface area contributed by atoms with E-state index in [0.717, 1.165) is 10.9 Å². The molecular formula is C14H20BrClN2O. The molecule has 0 spiro atoms. The average molecular weight is 348 g/mol. The highest BCUT2D eigenvalue weighted by molar-refractivity contribution is 9.10. The van der Waals surface area contributed by atoms with E-state index in [1.54, 1.807) is 12.1 Å². The number of anilines is 1. The van der Waals surface area contributed by atoms with E-state index in [4.69, 9.17) is 22.1 Å². The predicted octanol–water partition coefficient (Wildman–Crippen LogP) is 3.94. The first-order chi connectivity index (χ1) is 9.08. The molecule has 1 aliphatic rings. The fourth-order valence-corrected chi connectivity index (χ4v) is 3.49. The summed E-state index contributed by atoms with van der Waals surface area (Å²) in [6.07, 6.45) is 4.92. The van der Waals surface area contributed by atoms with Crippen molar-refractivity contribution in [3.8, 4) is 5.75 Å². The van der Waals surface area contributed by atoms with Gasteiger partial charge in [-0.3, -0.25) is 0 Å². The molecule has 0 aromatic heterocycles. The van der Waals surface area contributed by atoms with Crippen LogP contribution in [0.1, 0.15) is 25.7 Å². The minimum atomic E-state index is 0.580. The molecule has 1 heterocycles. The van der Waals surface area contributed by atoms with Crippen LogP contribution < -0.4 is 10.5 Å². The number of hydrogen-bond donors (Lipinski definition) is 1. The van der Waals surface area contributed by atoms with Crippen LogP contribution in [0.4, 0.5) is 5.69 Å². The number of hydrogen-bond acceptors (Lipinski definition) is 3. The van der Waals surface area contributed by atoms with E-state index in [9.17, 15) is 0 Å². The van der Waals surface area contributed by atoms with Gasteiger partial charge in [0.15, 0.2) is 5.75 Å². The number of nitrogens with zero attached hydrogens (tertiary/aromatic N) is 1. The molecule has 2 rings (SSSR count). The molecule has 19 heavy (non-hydrogen) atoms. The van der Waals surface area contributed by atoms with Gasteiger partial charge < -0.3 is 15.4 Å². The Morgan fingerprint density at radius 2 is 2.26 bits per heavy atom. The van der Waals surface area contributed by atoms with E-state index >= 15 is 0 Å². The minimum absolute atomic E-state index is 0.580. The maximum Gasteiger partial charge on any atom is 0.156 e. The van der Waals surface area contributed by atoms with Crippen LogP contribution in [0.2, 0.25) is 5.02 Å². The number of likely N-dealkylation sites (tertiary alicyclic amines) is 1. The standard InChI is InChI=1S/C14H20BrClN2O/c1-18-6-3-2-4-11(18)5-7-19-14-12(15)8-10(16)9-13(14)17/h8-9,11H,2-7,17H2,1H3. The maximum absolute atomic E-state index is 5.92. The number of nitrogen functional groups attached to an aromatic ring is 1. The van der Waals surface area contributed by atoms with E-state index < -0.39 is 0 Å². The highest BCUT2D eigenvalue weighted by atomic mass is 79.9. The number of nitrogens with two attached hydrogens (primary N) is 1. The molecule has 1 aromatic carbocycles. The third-order valence-electron chi connectivity index (χ3n) is 3.66. The molecule has 0 amide bonds. The van der Waals surface area contributed by atoms with Crippen molar-refractivity contribution in [3.63, 3.8) is 0 Å². The topological polar surface area (TPSA) is 38.5 Å². The summed E-state index contributed by atoms with van der Waals surface area (Å²) in [7, 11) is 2.19. The number of ether oxygens (including phenoxy) is 1. The summed E-state index contributed by atoms with van der Waals surface area (Å²) in [5.74, 6) is 0.697. The van der Waals surface area contributed by atoms with Gasteiger partial charge in [0.1, 0.15) is 0 Å². The molecular weight excluding hydrogens is 328 g/mol. The van der Waals surface area contributed by atoms with Crippen molar-refractivity contribution in [1.82, 2.24) is 4.90 Å². The second-order valence-corrected chi connectivity index (χ2v) is 6.36. The second kappa shape index (κ2) is 6.82. The minimum Gasteiger partial charge on any atom is -0.490 e. The summed E-state index contributed by atoms with van der Waals surface area (Å²) < 4.78 is 6.63. The van der Waals surface area contributed by atoms with Gasteiger partial charge in [-0.25, -0.2) is 0 Å². The van der Waals surface area contributed by atoms with Gasteiger partial charge in [-0.05, 0) is 60.9 Å². The predicted molar refractivity (Wildman–Crippen MR) is 83.9 cm³/mol. The van der Waals surface area contributed by atoms with Crippen molar-refractivity contribution in [1.29, 1.82) is 0 Å². The molecule has 3 nitrogen and oxygen atoms in total. The Morgan fingerprint density at radius 3 is 2.95 bits per heavy atom. The summed E-state index contributed by atoms with van der Waals surface area (Å²) in [5.41, 5.74) is 6.50. The van der Waals surface area contributed by atoms with Gasteiger partial charge in [-0.2, -0.15) is 0 Å². The lowest BCUT2D eigenvalue weighted by Crippen LogP contribution is -2.37. The van der Waals surface area contributed by atoms with Gasteiger partial charge in [-0.15, -0.1) is 0 Å². The Morgan fingerprint density at radius 1 is 1.47 bits per heavy atom. The summed E-state index contributed by atoms with van der Waals surface area (Å²) >= 11 is 9.36. The second-order valence-electron chi connectivity index (χ2n) is 5.07. The third kappa shape index (κ3) is 4.01. The van der Waals surface area contributed by atoms with Gasteiger partial charge >= 0.3 is 0 Å². The van der Waals surface area contributed by atoms with E-state index in [-0.39, 0.29) is 0 Å². The molecule has 0 bridgehead atoms. The molecule has 1 aromatic rings. The molecule has 0 saturated carbocycles. The van der Waals surface area contributed by atoms with E-state index in [1.165, 1.54) is 25.8 Å². The van der Waals surface area contributed by atoms with Crippen LogP contribution in [0.25, 0.3) is 0 Å². The van der Waals surface area contributed by atoms with Crippen molar-refractivity contribution in [2.75, 3.05) is 25.9 Å². The lowest BCUT2D eigenvalue weighted by molar-refractivity contribution is 0.153. The SMILES string of the molecule is CN1CCCCC1CCOc1c(N)cc(Cl)cc1Br. The molecule has 0 aliphatic carbocycles. The molecule has 1 fully saturated rings. The number of rotatable bonds is 4. The zero-order chi connectivity index (χ0) is 13.8. The summed E-state index contributed by atoms with van der Waals surface area (Å²) in [6.45, 7) is 1.87. The highest BCUT2D eigenvalue weighted by Crippen LogP contribution is 2.34. The first-order valence-corrected chi connectivity index (χ1v) is 7.82. The Bertz CT molecular complexity index is 418. The fraction of sp³-hybridized carbons (Fsp3) is 0.571. The lowest BCUT2D eigenvalue weighted by Gasteiger charge is -2.32. The molecule has 1 atom stereocenters. The van der Waals surface area contributed by atoms with Gasteiger partial charge in [0.2, 0.25) is 0 Å². The van der Waals surface area contributed by atoms with Crippen LogP contribution in [0.3, 0.4) is 0 Å². The first-order valence-electron chi connectivity index (χ1n) is 6.65. The first kappa shape index (κ1) is 14.9. The Balaban J connectivity index is 1.89. The quantitative estimate of drug-likeness (QED) is 0.839. The highest BCUT2D eigenvalue weighted by Gasteiger charge is 2.19. The van der Waals surface area contributed by atoms with Crippen LogP contribution in [-0.2, 0) is 0 Å². The zero-order valence-corrected chi connectivity index (χ0v) is 13.5. The fourth-order valence-electron chi connectivity index (χ4n) is 2.54. The normalized spacial score (nSPS) is 20.5. The van der Waals surface area contributed by atoms with Crippen molar-refractivity contribution in [2.24, 2.45) is 0 Å². The summed E-state index contributed by atoms with van der Waals surface area (Å²) in [6, 6.07) is 4.15. The number of benzene rings is 1. The monoisotopic (exact) mass is 346 g/mol. The van der Waals surface area contributed by atoms with Gasteiger partial charge in [0, 0.05) is 11.1 Å². The van der Waals surface area contributed by atoms with E-state index in [2.05, 4.69) is 27.9 Å². The van der Waals surface area contributed by atoms with E-state index in [1.807, 2.05) is 0 Å². The van der Waals surface area contributed by atoms with Crippen molar-refractivity contribution < 1.29 is 4.74 Å². The number of halogens is 2. The van der Waals surface area contributed by atoms with Crippen LogP contribution in [0.5, 0.6) is 5.75 Å². The van der Waals surface area contributed by atoms with Gasteiger partial charge in [-0.1, -0.05) is 18.0 Å². The number of piperidine rings is 1. The summed E-state index contributed by atoms with van der Waals surface area (Å²) in [5, 5.41) is 0.615. The Labute approximate surface area is 128 Å². The molecule has 1 aliphatic heterocycles. The lowest BCUT2D eigenvalue weighted by atomic mass is 10.0. The van der Waals surface area contributed by atoms with Crippen LogP contribution >= 0.6 is 27.5 Å². The maximum atomic E-state index is 5.92.